The lowest BCUT2D eigenvalue weighted by Gasteiger charge is -1.96. The lowest BCUT2D eigenvalue weighted by atomic mass is 10.7. The summed E-state index contributed by atoms with van der Waals surface area (Å²) in [7, 11) is -2.18. The van der Waals surface area contributed by atoms with Crippen LogP contribution in [-0.2, 0) is 4.52 Å². The number of hydrogen-bond acceptors (Lipinski definition) is 5. The molecule has 5 nitrogen and oxygen atoms in total. The fourth-order valence-electron chi connectivity index (χ4n) is 0.119. The first kappa shape index (κ1) is 13.6. The van der Waals surface area contributed by atoms with Gasteiger partial charge in [0, 0.05) is 0 Å². The van der Waals surface area contributed by atoms with Crippen molar-refractivity contribution in [1.82, 2.24) is 0 Å². The minimum Gasteiger partial charge on any atom is -0.394 e. The van der Waals surface area contributed by atoms with Crippen molar-refractivity contribution < 1.29 is 24.5 Å². The third kappa shape index (κ3) is 25.6. The topological polar surface area (TPSA) is 90.2 Å². The van der Waals surface area contributed by atoms with E-state index in [0.29, 0.717) is 0 Å². The summed E-state index contributed by atoms with van der Waals surface area (Å²) >= 11 is 0. The van der Waals surface area contributed by atoms with Crippen LogP contribution in [0.2, 0.25) is 0 Å². The van der Waals surface area contributed by atoms with Crippen LogP contribution in [0.5, 0.6) is 0 Å². The molecule has 0 unspecified atom stereocenters. The van der Waals surface area contributed by atoms with E-state index < -0.39 is 8.60 Å². The highest BCUT2D eigenvalue weighted by Gasteiger charge is 1.92. The molecule has 0 rings (SSSR count). The fraction of sp³-hybridized carbons (Fsp3) is 0.600. The van der Waals surface area contributed by atoms with Gasteiger partial charge in [-0.3, -0.25) is 0 Å². The van der Waals surface area contributed by atoms with Crippen LogP contribution < -0.4 is 0 Å². The molecule has 0 spiro atoms. The average molecular weight is 184 g/mol. The molecule has 0 amide bonds. The first-order valence-electron chi connectivity index (χ1n) is 2.82. The van der Waals surface area contributed by atoms with Gasteiger partial charge < -0.3 is 24.5 Å². The van der Waals surface area contributed by atoms with Gasteiger partial charge in [0.15, 0.2) is 0 Å². The van der Waals surface area contributed by atoms with Gasteiger partial charge in [-0.15, -0.1) is 6.58 Å². The Morgan fingerprint density at radius 1 is 1.27 bits per heavy atom. The van der Waals surface area contributed by atoms with Crippen molar-refractivity contribution in [1.29, 1.82) is 0 Å². The SMILES string of the molecule is C=CCOP(O)O.OCCO. The monoisotopic (exact) mass is 184 g/mol. The Labute approximate surface area is 66.6 Å². The molecule has 0 bridgehead atoms. The summed E-state index contributed by atoms with van der Waals surface area (Å²) in [5.74, 6) is 0. The van der Waals surface area contributed by atoms with E-state index in [1.807, 2.05) is 0 Å². The highest BCUT2D eigenvalue weighted by molar-refractivity contribution is 7.39. The second-order valence-corrected chi connectivity index (χ2v) is 2.05. The van der Waals surface area contributed by atoms with Crippen LogP contribution in [0, 0.1) is 0 Å². The average Bonchev–Trinajstić information content (AvgIpc) is 2.01. The minimum atomic E-state index is -2.18. The third-order valence-corrected chi connectivity index (χ3v) is 0.788. The van der Waals surface area contributed by atoms with E-state index in [1.54, 1.807) is 0 Å². The molecule has 0 aromatic carbocycles. The van der Waals surface area contributed by atoms with Crippen molar-refractivity contribution in [2.45, 2.75) is 0 Å². The normalized spacial score (nSPS) is 8.82. The lowest BCUT2D eigenvalue weighted by Crippen LogP contribution is -1.85. The maximum Gasteiger partial charge on any atom is 0.327 e. The van der Waals surface area contributed by atoms with E-state index in [1.165, 1.54) is 6.08 Å². The van der Waals surface area contributed by atoms with Gasteiger partial charge >= 0.3 is 8.60 Å². The third-order valence-electron chi connectivity index (χ3n) is 0.408. The molecule has 11 heavy (non-hydrogen) atoms. The standard InChI is InChI=1S/C3H7O3P.C2H6O2/c1-2-3-6-7(4)5;3-1-2-4/h2,4-5H,1,3H2;3-4H,1-2H2. The molecule has 6 heteroatoms. The zero-order valence-electron chi connectivity index (χ0n) is 6.05. The first-order valence-corrected chi connectivity index (χ1v) is 3.99. The van der Waals surface area contributed by atoms with Gasteiger partial charge in [0.05, 0.1) is 19.8 Å². The predicted molar refractivity (Wildman–Crippen MR) is 41.7 cm³/mol. The van der Waals surface area contributed by atoms with Crippen molar-refractivity contribution in [3.8, 4) is 0 Å². The molecule has 68 valence electrons. The molecule has 0 heterocycles. The van der Waals surface area contributed by atoms with E-state index >= 15 is 0 Å². The van der Waals surface area contributed by atoms with E-state index in [2.05, 4.69) is 11.1 Å². The van der Waals surface area contributed by atoms with E-state index in [4.69, 9.17) is 20.0 Å². The van der Waals surface area contributed by atoms with E-state index in [-0.39, 0.29) is 19.8 Å². The molecule has 0 radical (unpaired) electrons. The molecule has 0 atom stereocenters. The van der Waals surface area contributed by atoms with Crippen LogP contribution >= 0.6 is 8.60 Å². The Bertz CT molecular complexity index is 75.3. The summed E-state index contributed by atoms with van der Waals surface area (Å²) in [4.78, 5) is 16.1. The molecule has 0 aliphatic heterocycles. The van der Waals surface area contributed by atoms with Crippen LogP contribution in [0.1, 0.15) is 0 Å². The van der Waals surface area contributed by atoms with Gasteiger partial charge in [-0.25, -0.2) is 0 Å². The summed E-state index contributed by atoms with van der Waals surface area (Å²) in [6.07, 6.45) is 1.45. The van der Waals surface area contributed by atoms with Gasteiger partial charge in [0.2, 0.25) is 0 Å². The summed E-state index contributed by atoms with van der Waals surface area (Å²) in [5, 5.41) is 15.2. The highest BCUT2D eigenvalue weighted by atomic mass is 31.2. The van der Waals surface area contributed by atoms with Gasteiger partial charge in [-0.1, -0.05) is 6.08 Å². The van der Waals surface area contributed by atoms with Crippen molar-refractivity contribution in [3.63, 3.8) is 0 Å². The molecule has 0 saturated heterocycles. The molecule has 0 aliphatic rings. The molecular formula is C5H13O5P. The van der Waals surface area contributed by atoms with Crippen LogP contribution in [0.15, 0.2) is 12.7 Å². The summed E-state index contributed by atoms with van der Waals surface area (Å²) < 4.78 is 4.25. The van der Waals surface area contributed by atoms with Crippen LogP contribution in [0.25, 0.3) is 0 Å². The number of rotatable bonds is 4. The molecular weight excluding hydrogens is 171 g/mol. The molecule has 0 saturated carbocycles. The van der Waals surface area contributed by atoms with E-state index in [0.717, 1.165) is 0 Å². The second-order valence-electron chi connectivity index (χ2n) is 1.28. The maximum absolute atomic E-state index is 8.03. The first-order chi connectivity index (χ1) is 5.18. The smallest absolute Gasteiger partial charge is 0.327 e. The van der Waals surface area contributed by atoms with E-state index in [9.17, 15) is 0 Å². The number of aliphatic hydroxyl groups excluding tert-OH is 2. The molecule has 0 aromatic heterocycles. The second kappa shape index (κ2) is 12.6. The zero-order valence-corrected chi connectivity index (χ0v) is 6.94. The molecule has 0 fully saturated rings. The Morgan fingerprint density at radius 3 is 1.82 bits per heavy atom. The van der Waals surface area contributed by atoms with Crippen LogP contribution in [0.4, 0.5) is 0 Å². The van der Waals surface area contributed by atoms with Crippen molar-refractivity contribution >= 4 is 8.60 Å². The van der Waals surface area contributed by atoms with Gasteiger partial charge in [0.25, 0.3) is 0 Å². The number of hydrogen-bond donors (Lipinski definition) is 4. The Morgan fingerprint density at radius 2 is 1.73 bits per heavy atom. The lowest BCUT2D eigenvalue weighted by molar-refractivity contribution is 0.186. The molecule has 4 N–H and O–H groups in total. The molecule has 0 aromatic rings. The van der Waals surface area contributed by atoms with Gasteiger partial charge in [0.1, 0.15) is 0 Å². The van der Waals surface area contributed by atoms with Gasteiger partial charge in [-0.05, 0) is 0 Å². The predicted octanol–water partition coefficient (Wildman–Crippen LogP) is -0.629. The minimum absolute atomic E-state index is 0.125. The van der Waals surface area contributed by atoms with Crippen LogP contribution in [-0.4, -0.2) is 39.8 Å². The number of aliphatic hydroxyl groups is 2. The largest absolute Gasteiger partial charge is 0.394 e. The Kier molecular flexibility index (Phi) is 15.6. The van der Waals surface area contributed by atoms with Crippen LogP contribution in [0.3, 0.4) is 0 Å². The summed E-state index contributed by atoms with van der Waals surface area (Å²) in [6.45, 7) is 3.24. The molecule has 0 aliphatic carbocycles. The summed E-state index contributed by atoms with van der Waals surface area (Å²) in [5.41, 5.74) is 0. The fourth-order valence-corrected chi connectivity index (χ4v) is 0.358. The van der Waals surface area contributed by atoms with Crippen molar-refractivity contribution in [2.75, 3.05) is 19.8 Å². The zero-order chi connectivity index (χ0) is 9.11. The highest BCUT2D eigenvalue weighted by Crippen LogP contribution is 2.23. The van der Waals surface area contributed by atoms with Crippen molar-refractivity contribution in [3.05, 3.63) is 12.7 Å². The van der Waals surface area contributed by atoms with Gasteiger partial charge in [-0.2, -0.15) is 0 Å². The van der Waals surface area contributed by atoms with Crippen molar-refractivity contribution in [2.24, 2.45) is 0 Å². The summed E-state index contributed by atoms with van der Waals surface area (Å²) in [6, 6.07) is 0. The maximum atomic E-state index is 8.03. The Balaban J connectivity index is 0. The Hall–Kier alpha value is -0.0300. The quantitative estimate of drug-likeness (QED) is 0.345.